The Hall–Kier alpha value is -0.120. The second-order valence-corrected chi connectivity index (χ2v) is 7.89. The highest BCUT2D eigenvalue weighted by Gasteiger charge is 2.19. The molecule has 1 aliphatic heterocycles. The maximum Gasteiger partial charge on any atom is 0.191 e. The predicted molar refractivity (Wildman–Crippen MR) is 125 cm³/mol. The first-order valence-corrected chi connectivity index (χ1v) is 10.4. The molecule has 27 heavy (non-hydrogen) atoms. The Kier molecular flexibility index (Phi) is 16.7. The van der Waals surface area contributed by atoms with Crippen molar-refractivity contribution in [2.24, 2.45) is 22.7 Å². The van der Waals surface area contributed by atoms with E-state index in [0.29, 0.717) is 17.8 Å². The van der Waals surface area contributed by atoms with Crippen molar-refractivity contribution in [3.05, 3.63) is 0 Å². The van der Waals surface area contributed by atoms with E-state index in [4.69, 9.17) is 9.73 Å². The van der Waals surface area contributed by atoms with Gasteiger partial charge >= 0.3 is 0 Å². The molecule has 0 aromatic carbocycles. The van der Waals surface area contributed by atoms with Gasteiger partial charge in [-0.1, -0.05) is 13.8 Å². The molecule has 0 spiro atoms. The van der Waals surface area contributed by atoms with Crippen LogP contribution in [0, 0.1) is 17.8 Å². The van der Waals surface area contributed by atoms with E-state index in [0.717, 1.165) is 64.7 Å². The zero-order chi connectivity index (χ0) is 19.2. The molecule has 1 saturated heterocycles. The van der Waals surface area contributed by atoms with Gasteiger partial charge in [-0.05, 0) is 63.5 Å². The van der Waals surface area contributed by atoms with Crippen LogP contribution < -0.4 is 10.6 Å². The fraction of sp³-hybridized carbons (Fsp3) is 0.950. The van der Waals surface area contributed by atoms with Gasteiger partial charge in [0.15, 0.2) is 5.96 Å². The minimum atomic E-state index is 0. The summed E-state index contributed by atoms with van der Waals surface area (Å²) < 4.78 is 5.17. The minimum Gasteiger partial charge on any atom is -0.396 e. The summed E-state index contributed by atoms with van der Waals surface area (Å²) in [5, 5.41) is 16.2. The quantitative estimate of drug-likeness (QED) is 0.219. The van der Waals surface area contributed by atoms with Crippen LogP contribution in [0.5, 0.6) is 0 Å². The summed E-state index contributed by atoms with van der Waals surface area (Å²) in [7, 11) is 1.77. The monoisotopic (exact) mass is 498 g/mol. The molecule has 1 fully saturated rings. The van der Waals surface area contributed by atoms with Gasteiger partial charge in [0, 0.05) is 39.9 Å². The van der Waals surface area contributed by atoms with Crippen molar-refractivity contribution in [1.82, 2.24) is 15.5 Å². The Balaban J connectivity index is 0.00000676. The van der Waals surface area contributed by atoms with Crippen LogP contribution >= 0.6 is 24.0 Å². The molecule has 7 heteroatoms. The minimum absolute atomic E-state index is 0. The molecular formula is C20H43IN4O2. The number of halogens is 1. The van der Waals surface area contributed by atoms with Gasteiger partial charge < -0.3 is 25.4 Å². The van der Waals surface area contributed by atoms with Gasteiger partial charge in [-0.2, -0.15) is 0 Å². The maximum absolute atomic E-state index is 9.28. The topological polar surface area (TPSA) is 69.1 Å². The average molecular weight is 498 g/mol. The number of hydrogen-bond donors (Lipinski definition) is 3. The molecule has 0 aromatic heterocycles. The second-order valence-electron chi connectivity index (χ2n) is 7.89. The SMILES string of the molecule is CCNC(=NCC(CCO)CC(C)C)NCC1CCN(CCOC)CC1.I. The number of hydrogen-bond acceptors (Lipinski definition) is 4. The van der Waals surface area contributed by atoms with Crippen LogP contribution in [0.25, 0.3) is 0 Å². The lowest BCUT2D eigenvalue weighted by molar-refractivity contribution is 0.121. The highest BCUT2D eigenvalue weighted by Crippen LogP contribution is 2.17. The molecule has 0 bridgehead atoms. The van der Waals surface area contributed by atoms with Crippen LogP contribution in [0.1, 0.15) is 46.5 Å². The van der Waals surface area contributed by atoms with Crippen molar-refractivity contribution in [3.63, 3.8) is 0 Å². The Morgan fingerprint density at radius 2 is 1.96 bits per heavy atom. The van der Waals surface area contributed by atoms with Crippen molar-refractivity contribution in [2.45, 2.75) is 46.5 Å². The number of nitrogens with one attached hydrogen (secondary N) is 2. The third-order valence-electron chi connectivity index (χ3n) is 5.07. The van der Waals surface area contributed by atoms with Gasteiger partial charge in [0.25, 0.3) is 0 Å². The zero-order valence-electron chi connectivity index (χ0n) is 17.9. The van der Waals surface area contributed by atoms with E-state index in [9.17, 15) is 5.11 Å². The fourth-order valence-electron chi connectivity index (χ4n) is 3.57. The van der Waals surface area contributed by atoms with Gasteiger partial charge in [0.2, 0.25) is 0 Å². The Morgan fingerprint density at radius 1 is 1.26 bits per heavy atom. The highest BCUT2D eigenvalue weighted by atomic mass is 127. The van der Waals surface area contributed by atoms with Crippen LogP contribution in [0.15, 0.2) is 4.99 Å². The maximum atomic E-state index is 9.28. The number of piperidine rings is 1. The summed E-state index contributed by atoms with van der Waals surface area (Å²) in [6, 6.07) is 0. The fourth-order valence-corrected chi connectivity index (χ4v) is 3.57. The summed E-state index contributed by atoms with van der Waals surface area (Å²) in [5.74, 6) is 2.72. The summed E-state index contributed by atoms with van der Waals surface area (Å²) in [6.07, 6.45) is 4.41. The van der Waals surface area contributed by atoms with Crippen molar-refractivity contribution in [1.29, 1.82) is 0 Å². The number of aliphatic hydroxyl groups excluding tert-OH is 1. The number of nitrogens with zero attached hydrogens (tertiary/aromatic N) is 2. The average Bonchev–Trinajstić information content (AvgIpc) is 2.62. The molecule has 1 rings (SSSR count). The molecule has 162 valence electrons. The van der Waals surface area contributed by atoms with Crippen LogP contribution in [0.3, 0.4) is 0 Å². The largest absolute Gasteiger partial charge is 0.396 e. The van der Waals surface area contributed by atoms with E-state index >= 15 is 0 Å². The van der Waals surface area contributed by atoms with Gasteiger partial charge in [-0.3, -0.25) is 4.99 Å². The van der Waals surface area contributed by atoms with Crippen molar-refractivity contribution >= 4 is 29.9 Å². The number of aliphatic hydroxyl groups is 1. The van der Waals surface area contributed by atoms with Crippen LogP contribution in [-0.4, -0.2) is 75.6 Å². The highest BCUT2D eigenvalue weighted by molar-refractivity contribution is 14.0. The van der Waals surface area contributed by atoms with E-state index in [1.807, 2.05) is 0 Å². The van der Waals surface area contributed by atoms with Crippen LogP contribution in [0.2, 0.25) is 0 Å². The van der Waals surface area contributed by atoms with E-state index < -0.39 is 0 Å². The molecule has 0 saturated carbocycles. The Labute approximate surface area is 183 Å². The van der Waals surface area contributed by atoms with Crippen LogP contribution in [0.4, 0.5) is 0 Å². The number of likely N-dealkylation sites (tertiary alicyclic amines) is 1. The smallest absolute Gasteiger partial charge is 0.191 e. The molecular weight excluding hydrogens is 455 g/mol. The molecule has 1 atom stereocenters. The lowest BCUT2D eigenvalue weighted by Crippen LogP contribution is -2.43. The second kappa shape index (κ2) is 16.8. The van der Waals surface area contributed by atoms with E-state index in [1.54, 1.807) is 7.11 Å². The van der Waals surface area contributed by atoms with Crippen molar-refractivity contribution in [3.8, 4) is 0 Å². The lowest BCUT2D eigenvalue weighted by atomic mass is 9.94. The van der Waals surface area contributed by atoms with Gasteiger partial charge in [-0.25, -0.2) is 0 Å². The first-order valence-electron chi connectivity index (χ1n) is 10.4. The summed E-state index contributed by atoms with van der Waals surface area (Å²) >= 11 is 0. The predicted octanol–water partition coefficient (Wildman–Crippen LogP) is 2.56. The summed E-state index contributed by atoms with van der Waals surface area (Å²) in [5.41, 5.74) is 0. The molecule has 1 unspecified atom stereocenters. The Bertz CT molecular complexity index is 375. The molecule has 1 heterocycles. The molecule has 6 nitrogen and oxygen atoms in total. The number of guanidine groups is 1. The molecule has 0 radical (unpaired) electrons. The first kappa shape index (κ1) is 26.9. The normalized spacial score (nSPS) is 17.6. The standard InChI is InChI=1S/C20H42N4O2.HI/c1-5-21-20(23-16-19(8-12-25)14-17(2)3)22-15-18-6-9-24(10-7-18)11-13-26-4;/h17-19,25H,5-16H2,1-4H3,(H2,21,22,23);1H. The number of rotatable bonds is 12. The number of aliphatic imine (C=N–C) groups is 1. The number of methoxy groups -OCH3 is 1. The van der Waals surface area contributed by atoms with Gasteiger partial charge in [-0.15, -0.1) is 24.0 Å². The van der Waals surface area contributed by atoms with Crippen molar-refractivity contribution < 1.29 is 9.84 Å². The lowest BCUT2D eigenvalue weighted by Gasteiger charge is -2.32. The summed E-state index contributed by atoms with van der Waals surface area (Å²) in [4.78, 5) is 7.27. The molecule has 0 aromatic rings. The van der Waals surface area contributed by atoms with E-state index in [2.05, 4.69) is 36.3 Å². The molecule has 3 N–H and O–H groups in total. The third-order valence-corrected chi connectivity index (χ3v) is 5.07. The molecule has 0 aliphatic carbocycles. The first-order chi connectivity index (χ1) is 12.6. The summed E-state index contributed by atoms with van der Waals surface area (Å²) in [6.45, 7) is 13.6. The van der Waals surface area contributed by atoms with Gasteiger partial charge in [0.1, 0.15) is 0 Å². The number of ether oxygens (including phenoxy) is 1. The van der Waals surface area contributed by atoms with E-state index in [-0.39, 0.29) is 30.6 Å². The zero-order valence-corrected chi connectivity index (χ0v) is 20.2. The van der Waals surface area contributed by atoms with E-state index in [1.165, 1.54) is 12.8 Å². The Morgan fingerprint density at radius 3 is 2.52 bits per heavy atom. The van der Waals surface area contributed by atoms with Crippen LogP contribution in [-0.2, 0) is 4.74 Å². The van der Waals surface area contributed by atoms with Crippen molar-refractivity contribution in [2.75, 3.05) is 59.6 Å². The molecule has 1 aliphatic rings. The molecule has 0 amide bonds. The van der Waals surface area contributed by atoms with Gasteiger partial charge in [0.05, 0.1) is 6.61 Å². The third kappa shape index (κ3) is 12.9.